The Morgan fingerprint density at radius 3 is 2.67 bits per heavy atom. The molecule has 0 aliphatic rings. The normalized spacial score (nSPS) is 10.6. The first-order chi connectivity index (χ1) is 13.2. The van der Waals surface area contributed by atoms with Crippen LogP contribution >= 0.6 is 0 Å². The van der Waals surface area contributed by atoms with Crippen LogP contribution in [0.1, 0.15) is 10.5 Å². The lowest BCUT2D eigenvalue weighted by Gasteiger charge is -2.06. The van der Waals surface area contributed by atoms with Gasteiger partial charge in [0, 0.05) is 43.6 Å². The summed E-state index contributed by atoms with van der Waals surface area (Å²) in [5.74, 6) is -0.334. The third-order valence-electron chi connectivity index (χ3n) is 3.82. The fraction of sp³-hybridized carbons (Fsp3) is 0.0526. The van der Waals surface area contributed by atoms with Gasteiger partial charge in [-0.25, -0.2) is 4.98 Å². The summed E-state index contributed by atoms with van der Waals surface area (Å²) in [4.78, 5) is 29.6. The number of hydrogen-bond acceptors (Lipinski definition) is 6. The van der Waals surface area contributed by atoms with Crippen LogP contribution in [-0.2, 0) is 7.05 Å². The monoisotopic (exact) mass is 357 g/mol. The zero-order chi connectivity index (χ0) is 18.6. The number of aryl methyl sites for hydroxylation is 1. The van der Waals surface area contributed by atoms with E-state index in [1.54, 1.807) is 61.0 Å². The summed E-state index contributed by atoms with van der Waals surface area (Å²) < 4.78 is 1.61. The average Bonchev–Trinajstić information content (AvgIpc) is 3.09. The quantitative estimate of drug-likeness (QED) is 0.603. The van der Waals surface area contributed by atoms with Gasteiger partial charge in [0.2, 0.25) is 0 Å². The topological polar surface area (TPSA) is 98.5 Å². The molecular formula is C19H15N7O. The second-order valence-electron chi connectivity index (χ2n) is 5.76. The average molecular weight is 357 g/mol. The fourth-order valence-electron chi connectivity index (χ4n) is 2.61. The Morgan fingerprint density at radius 2 is 1.89 bits per heavy atom. The minimum Gasteiger partial charge on any atom is -0.317 e. The lowest BCUT2D eigenvalue weighted by atomic mass is 10.2. The number of aromatic nitrogens is 6. The van der Waals surface area contributed by atoms with Crippen molar-refractivity contribution in [1.82, 2.24) is 29.7 Å². The standard InChI is InChI=1S/C19H15N7O/c1-26-12-17(18(25-26)16-11-21-8-9-22-16)24-19(27)15-6-2-5-14(23-15)13-4-3-7-20-10-13/h2-12H,1H3,(H,24,27). The second-order valence-corrected chi connectivity index (χ2v) is 5.76. The molecular weight excluding hydrogens is 342 g/mol. The number of anilines is 1. The maximum absolute atomic E-state index is 12.7. The van der Waals surface area contributed by atoms with Gasteiger partial charge in [0.05, 0.1) is 17.6 Å². The van der Waals surface area contributed by atoms with Crippen molar-refractivity contribution in [2.75, 3.05) is 5.32 Å². The maximum atomic E-state index is 12.7. The van der Waals surface area contributed by atoms with E-state index in [0.717, 1.165) is 5.56 Å². The van der Waals surface area contributed by atoms with Crippen LogP contribution in [0.4, 0.5) is 5.69 Å². The molecule has 0 unspecified atom stereocenters. The van der Waals surface area contributed by atoms with E-state index in [-0.39, 0.29) is 5.91 Å². The highest BCUT2D eigenvalue weighted by Crippen LogP contribution is 2.24. The van der Waals surface area contributed by atoms with E-state index in [0.29, 0.717) is 28.5 Å². The molecule has 0 saturated carbocycles. The van der Waals surface area contributed by atoms with Crippen molar-refractivity contribution in [3.8, 4) is 22.6 Å². The lowest BCUT2D eigenvalue weighted by molar-refractivity contribution is 0.102. The molecule has 1 amide bonds. The molecule has 8 heteroatoms. The van der Waals surface area contributed by atoms with Gasteiger partial charge in [0.15, 0.2) is 0 Å². The van der Waals surface area contributed by atoms with Gasteiger partial charge in [0.25, 0.3) is 5.91 Å². The van der Waals surface area contributed by atoms with Gasteiger partial charge < -0.3 is 5.32 Å². The predicted molar refractivity (Wildman–Crippen MR) is 99.7 cm³/mol. The molecule has 0 bridgehead atoms. The van der Waals surface area contributed by atoms with Crippen LogP contribution in [0, 0.1) is 0 Å². The smallest absolute Gasteiger partial charge is 0.274 e. The first kappa shape index (κ1) is 16.5. The molecule has 0 aliphatic carbocycles. The van der Waals surface area contributed by atoms with Crippen LogP contribution in [0.3, 0.4) is 0 Å². The van der Waals surface area contributed by atoms with Crippen LogP contribution in [-0.4, -0.2) is 35.6 Å². The molecule has 4 rings (SSSR count). The molecule has 0 aliphatic heterocycles. The number of amides is 1. The molecule has 27 heavy (non-hydrogen) atoms. The largest absolute Gasteiger partial charge is 0.317 e. The van der Waals surface area contributed by atoms with Gasteiger partial charge in [-0.1, -0.05) is 6.07 Å². The van der Waals surface area contributed by atoms with Gasteiger partial charge in [-0.15, -0.1) is 0 Å². The Balaban J connectivity index is 1.63. The van der Waals surface area contributed by atoms with Gasteiger partial charge in [-0.3, -0.25) is 24.4 Å². The number of nitrogens with zero attached hydrogens (tertiary/aromatic N) is 6. The summed E-state index contributed by atoms with van der Waals surface area (Å²) in [7, 11) is 1.77. The first-order valence-corrected chi connectivity index (χ1v) is 8.19. The van der Waals surface area contributed by atoms with Crippen LogP contribution in [0.15, 0.2) is 67.5 Å². The Kier molecular flexibility index (Phi) is 4.36. The van der Waals surface area contributed by atoms with E-state index < -0.39 is 0 Å². The Morgan fingerprint density at radius 1 is 1.00 bits per heavy atom. The third kappa shape index (κ3) is 3.54. The Labute approximate surface area is 155 Å². The number of pyridine rings is 2. The molecule has 4 aromatic heterocycles. The fourth-order valence-corrected chi connectivity index (χ4v) is 2.61. The maximum Gasteiger partial charge on any atom is 0.274 e. The molecule has 0 atom stereocenters. The second kappa shape index (κ2) is 7.12. The molecule has 1 N–H and O–H groups in total. The first-order valence-electron chi connectivity index (χ1n) is 8.19. The number of carbonyl (C=O) groups excluding carboxylic acids is 1. The molecule has 0 saturated heterocycles. The highest BCUT2D eigenvalue weighted by Gasteiger charge is 2.16. The van der Waals surface area contributed by atoms with Gasteiger partial charge in [0.1, 0.15) is 17.1 Å². The number of hydrogen-bond donors (Lipinski definition) is 1. The van der Waals surface area contributed by atoms with Crippen molar-refractivity contribution in [2.24, 2.45) is 7.05 Å². The number of carbonyl (C=O) groups is 1. The Hall–Kier alpha value is -3.94. The molecule has 4 aromatic rings. The highest BCUT2D eigenvalue weighted by atomic mass is 16.1. The summed E-state index contributed by atoms with van der Waals surface area (Å²) in [6.07, 6.45) is 9.87. The van der Waals surface area contributed by atoms with E-state index >= 15 is 0 Å². The van der Waals surface area contributed by atoms with Crippen molar-refractivity contribution in [2.45, 2.75) is 0 Å². The minimum atomic E-state index is -0.334. The van der Waals surface area contributed by atoms with E-state index in [9.17, 15) is 4.79 Å². The van der Waals surface area contributed by atoms with E-state index in [2.05, 4.69) is 30.4 Å². The summed E-state index contributed by atoms with van der Waals surface area (Å²) in [6.45, 7) is 0. The number of nitrogens with one attached hydrogen (secondary N) is 1. The number of rotatable bonds is 4. The molecule has 0 aromatic carbocycles. The van der Waals surface area contributed by atoms with Crippen LogP contribution in [0.2, 0.25) is 0 Å². The summed E-state index contributed by atoms with van der Waals surface area (Å²) in [5, 5.41) is 7.22. The Bertz CT molecular complexity index is 1080. The SMILES string of the molecule is Cn1cc(NC(=O)c2cccc(-c3cccnc3)n2)c(-c2cnccn2)n1. The molecule has 0 spiro atoms. The van der Waals surface area contributed by atoms with E-state index in [1.165, 1.54) is 0 Å². The van der Waals surface area contributed by atoms with Crippen molar-refractivity contribution >= 4 is 11.6 Å². The van der Waals surface area contributed by atoms with E-state index in [1.807, 2.05) is 18.2 Å². The van der Waals surface area contributed by atoms with Crippen molar-refractivity contribution in [3.05, 3.63) is 73.2 Å². The lowest BCUT2D eigenvalue weighted by Crippen LogP contribution is -2.14. The summed E-state index contributed by atoms with van der Waals surface area (Å²) in [6, 6.07) is 9.00. The van der Waals surface area contributed by atoms with Crippen molar-refractivity contribution in [1.29, 1.82) is 0 Å². The zero-order valence-electron chi connectivity index (χ0n) is 14.4. The van der Waals surface area contributed by atoms with E-state index in [4.69, 9.17) is 0 Å². The van der Waals surface area contributed by atoms with Gasteiger partial charge in [-0.05, 0) is 24.3 Å². The minimum absolute atomic E-state index is 0.297. The van der Waals surface area contributed by atoms with Gasteiger partial charge in [-0.2, -0.15) is 5.10 Å². The predicted octanol–water partition coefficient (Wildman–Crippen LogP) is 2.59. The third-order valence-corrected chi connectivity index (χ3v) is 3.82. The highest BCUT2D eigenvalue weighted by molar-refractivity contribution is 6.04. The molecule has 132 valence electrons. The zero-order valence-corrected chi connectivity index (χ0v) is 14.4. The van der Waals surface area contributed by atoms with Crippen LogP contribution in [0.25, 0.3) is 22.6 Å². The van der Waals surface area contributed by atoms with Crippen molar-refractivity contribution in [3.63, 3.8) is 0 Å². The molecule has 4 heterocycles. The molecule has 8 nitrogen and oxygen atoms in total. The van der Waals surface area contributed by atoms with Crippen LogP contribution in [0.5, 0.6) is 0 Å². The van der Waals surface area contributed by atoms with Crippen LogP contribution < -0.4 is 5.32 Å². The van der Waals surface area contributed by atoms with Crippen molar-refractivity contribution < 1.29 is 4.79 Å². The molecule has 0 radical (unpaired) electrons. The van der Waals surface area contributed by atoms with Gasteiger partial charge >= 0.3 is 0 Å². The molecule has 0 fully saturated rings. The summed E-state index contributed by atoms with van der Waals surface area (Å²) >= 11 is 0. The summed E-state index contributed by atoms with van der Waals surface area (Å²) in [5.41, 5.74) is 3.47.